The van der Waals surface area contributed by atoms with Crippen LogP contribution in [-0.2, 0) is 32.7 Å². The molecule has 0 saturated heterocycles. The molecule has 12 bridgehead atoms. The van der Waals surface area contributed by atoms with Crippen molar-refractivity contribution >= 4 is 11.8 Å². The molecule has 4 aromatic carbocycles. The van der Waals surface area contributed by atoms with Gasteiger partial charge in [-0.3, -0.25) is 0 Å². The first-order chi connectivity index (χ1) is 34.0. The van der Waals surface area contributed by atoms with E-state index in [1.54, 1.807) is 7.11 Å². The summed E-state index contributed by atoms with van der Waals surface area (Å²) in [6, 6.07) is 30.5. The average molecular weight is 962 g/mol. The third kappa shape index (κ3) is 11.1. The second kappa shape index (κ2) is 20.9. The van der Waals surface area contributed by atoms with Gasteiger partial charge < -0.3 is 25.4 Å². The number of aryl methyl sites for hydroxylation is 3. The van der Waals surface area contributed by atoms with Gasteiger partial charge in [0.2, 0.25) is 0 Å². The minimum absolute atomic E-state index is 0.434. The first-order valence-corrected chi connectivity index (χ1v) is 29.6. The van der Waals surface area contributed by atoms with Crippen LogP contribution in [0.2, 0.25) is 0 Å². The van der Waals surface area contributed by atoms with Gasteiger partial charge in [-0.25, -0.2) is 0 Å². The van der Waals surface area contributed by atoms with E-state index in [1.165, 1.54) is 159 Å². The molecule has 16 rings (SSSR count). The lowest BCUT2D eigenvalue weighted by molar-refractivity contribution is -0.0207. The third-order valence-electron chi connectivity index (χ3n) is 20.0. The maximum Gasteiger partial charge on any atom is 0.120 e. The van der Waals surface area contributed by atoms with Gasteiger partial charge in [-0.1, -0.05) is 55.5 Å². The molecule has 6 heteroatoms. The SMILES string of the molecule is CCc1cc(SC)ccc1CNC12CC3CC(CC(C3)C1)C2.COc1ccc(CNC23CC4CC(CC(C4)C2)C3)c(C)c1.Cc1cc(OCc2ccccc2)ccc1CNC12CC3CC(CC(C3)C1)C2. The molecular weight excluding hydrogens is 875 g/mol. The van der Waals surface area contributed by atoms with Crippen molar-refractivity contribution in [2.24, 2.45) is 53.3 Å². The summed E-state index contributed by atoms with van der Waals surface area (Å²) in [4.78, 5) is 1.40. The second-order valence-electron chi connectivity index (χ2n) is 25.3. The molecule has 12 aliphatic carbocycles. The summed E-state index contributed by atoms with van der Waals surface area (Å²) in [6.45, 7) is 10.4. The van der Waals surface area contributed by atoms with Crippen LogP contribution in [0.1, 0.15) is 161 Å². The molecule has 0 radical (unpaired) electrons. The van der Waals surface area contributed by atoms with Gasteiger partial charge in [0.05, 0.1) is 7.11 Å². The predicted molar refractivity (Wildman–Crippen MR) is 291 cm³/mol. The lowest BCUT2D eigenvalue weighted by Gasteiger charge is -2.57. The summed E-state index contributed by atoms with van der Waals surface area (Å²) < 4.78 is 11.3. The van der Waals surface area contributed by atoms with E-state index in [2.05, 4.69) is 122 Å². The Balaban J connectivity index is 0.000000115. The molecule has 0 heterocycles. The number of ether oxygens (including phenoxy) is 2. The smallest absolute Gasteiger partial charge is 0.120 e. The van der Waals surface area contributed by atoms with Crippen molar-refractivity contribution in [1.82, 2.24) is 16.0 Å². The van der Waals surface area contributed by atoms with Crippen LogP contribution < -0.4 is 25.4 Å². The lowest BCUT2D eigenvalue weighted by atomic mass is 9.53. The van der Waals surface area contributed by atoms with Crippen LogP contribution in [0.3, 0.4) is 0 Å². The van der Waals surface area contributed by atoms with E-state index in [0.717, 1.165) is 90.8 Å². The van der Waals surface area contributed by atoms with Gasteiger partial charge in [0.15, 0.2) is 0 Å². The van der Waals surface area contributed by atoms with E-state index >= 15 is 0 Å². The van der Waals surface area contributed by atoms with E-state index in [-0.39, 0.29) is 0 Å². The minimum Gasteiger partial charge on any atom is -0.497 e. The molecule has 3 N–H and O–H groups in total. The summed E-state index contributed by atoms with van der Waals surface area (Å²) in [6.07, 6.45) is 29.8. The first-order valence-electron chi connectivity index (χ1n) is 28.3. The van der Waals surface area contributed by atoms with Crippen molar-refractivity contribution in [2.45, 2.75) is 191 Å². The zero-order valence-electron chi connectivity index (χ0n) is 43.8. The lowest BCUT2D eigenvalue weighted by Crippen LogP contribution is -2.58. The number of benzene rings is 4. The van der Waals surface area contributed by atoms with Crippen molar-refractivity contribution in [3.8, 4) is 11.5 Å². The summed E-state index contributed by atoms with van der Waals surface area (Å²) >= 11 is 1.85. The van der Waals surface area contributed by atoms with Gasteiger partial charge >= 0.3 is 0 Å². The summed E-state index contributed by atoms with van der Waals surface area (Å²) in [5.41, 5.74) is 11.2. The third-order valence-corrected chi connectivity index (χ3v) is 20.7. The van der Waals surface area contributed by atoms with Gasteiger partial charge in [-0.2, -0.15) is 0 Å². The summed E-state index contributed by atoms with van der Waals surface area (Å²) in [5, 5.41) is 12.1. The van der Waals surface area contributed by atoms with E-state index in [0.29, 0.717) is 23.2 Å². The number of thioether (sulfide) groups is 1. The predicted octanol–water partition coefficient (Wildman–Crippen LogP) is 14.7. The molecule has 12 fully saturated rings. The molecule has 0 unspecified atom stereocenters. The molecule has 0 aliphatic heterocycles. The molecule has 0 aromatic heterocycles. The van der Waals surface area contributed by atoms with Crippen LogP contribution in [0.5, 0.6) is 11.5 Å². The fourth-order valence-electron chi connectivity index (χ4n) is 17.8. The van der Waals surface area contributed by atoms with Gasteiger partial charge in [-0.05, 0) is 271 Å². The monoisotopic (exact) mass is 962 g/mol. The van der Waals surface area contributed by atoms with Crippen LogP contribution in [-0.4, -0.2) is 30.0 Å². The Kier molecular flexibility index (Phi) is 14.6. The maximum atomic E-state index is 5.99. The number of rotatable bonds is 15. The van der Waals surface area contributed by atoms with Gasteiger partial charge in [0.1, 0.15) is 18.1 Å². The molecule has 4 aromatic rings. The fraction of sp³-hybridized carbons (Fsp3) is 0.625. The maximum absolute atomic E-state index is 5.99. The normalized spacial score (nSPS) is 34.4. The minimum atomic E-state index is 0.434. The van der Waals surface area contributed by atoms with Crippen molar-refractivity contribution < 1.29 is 9.47 Å². The van der Waals surface area contributed by atoms with E-state index in [1.807, 2.05) is 17.8 Å². The second-order valence-corrected chi connectivity index (χ2v) is 26.2. The number of nitrogens with one attached hydrogen (secondary N) is 3. The van der Waals surface area contributed by atoms with E-state index in [9.17, 15) is 0 Å². The fourth-order valence-corrected chi connectivity index (χ4v) is 18.2. The first kappa shape index (κ1) is 48.9. The van der Waals surface area contributed by atoms with E-state index in [4.69, 9.17) is 9.47 Å². The standard InChI is InChI=1S/C25H31NO.C20H29NS.C19H27NO/c1-18-9-24(27-17-19-5-3-2-4-6-19)8-7-23(18)16-26-25-13-20-10-21(14-25)12-22(11-20)15-25;1-3-17-9-19(22-2)5-4-18(17)13-21-20-10-14-6-15(11-20)8-16(7-14)12-20;1-13-5-18(21-2)4-3-17(13)12-20-19-9-14-6-15(10-19)8-16(7-14)11-19/h2-9,20-22,26H,10-17H2,1H3;4-5,9,14-16,21H,3,6-8,10-13H2,1-2H3;3-5,14-16,20H,6-12H2,1-2H3. The molecule has 0 spiro atoms. The Bertz CT molecular complexity index is 2300. The molecule has 5 nitrogen and oxygen atoms in total. The van der Waals surface area contributed by atoms with Crippen molar-refractivity contribution in [2.75, 3.05) is 13.4 Å². The molecule has 12 aliphatic rings. The summed E-state index contributed by atoms with van der Waals surface area (Å²) in [5.74, 6) is 11.1. The zero-order valence-corrected chi connectivity index (χ0v) is 44.6. The molecular formula is C64H87N3O2S. The molecule has 376 valence electrons. The molecule has 12 saturated carbocycles. The van der Waals surface area contributed by atoms with Gasteiger partial charge in [0.25, 0.3) is 0 Å². The van der Waals surface area contributed by atoms with Crippen LogP contribution in [0, 0.1) is 67.1 Å². The van der Waals surface area contributed by atoms with E-state index < -0.39 is 0 Å². The Morgan fingerprint density at radius 3 is 1.24 bits per heavy atom. The van der Waals surface area contributed by atoms with Crippen LogP contribution >= 0.6 is 11.8 Å². The Morgan fingerprint density at radius 1 is 0.471 bits per heavy atom. The number of methoxy groups -OCH3 is 1. The highest BCUT2D eigenvalue weighted by atomic mass is 32.2. The highest BCUT2D eigenvalue weighted by Gasteiger charge is 2.53. The highest BCUT2D eigenvalue weighted by Crippen LogP contribution is 2.58. The topological polar surface area (TPSA) is 54.5 Å². The number of hydrogen-bond acceptors (Lipinski definition) is 6. The highest BCUT2D eigenvalue weighted by molar-refractivity contribution is 7.98. The zero-order chi connectivity index (χ0) is 47.9. The average Bonchev–Trinajstić information content (AvgIpc) is 3.34. The molecule has 70 heavy (non-hydrogen) atoms. The molecule has 0 atom stereocenters. The van der Waals surface area contributed by atoms with Crippen LogP contribution in [0.25, 0.3) is 0 Å². The Hall–Kier alpha value is -3.29. The van der Waals surface area contributed by atoms with Crippen molar-refractivity contribution in [3.63, 3.8) is 0 Å². The summed E-state index contributed by atoms with van der Waals surface area (Å²) in [7, 11) is 1.74. The van der Waals surface area contributed by atoms with Crippen molar-refractivity contribution in [3.05, 3.63) is 124 Å². The van der Waals surface area contributed by atoms with Crippen LogP contribution in [0.15, 0.2) is 89.8 Å². The largest absolute Gasteiger partial charge is 0.497 e. The van der Waals surface area contributed by atoms with Crippen molar-refractivity contribution in [1.29, 1.82) is 0 Å². The number of hydrogen-bond donors (Lipinski definition) is 3. The quantitative estimate of drug-likeness (QED) is 0.103. The Labute approximate surface area is 427 Å². The van der Waals surface area contributed by atoms with Gasteiger partial charge in [0, 0.05) is 41.1 Å². The Morgan fingerprint density at radius 2 is 0.857 bits per heavy atom. The van der Waals surface area contributed by atoms with Crippen LogP contribution in [0.4, 0.5) is 0 Å². The molecule has 0 amide bonds. The van der Waals surface area contributed by atoms with Gasteiger partial charge in [-0.15, -0.1) is 11.8 Å².